The van der Waals surface area contributed by atoms with E-state index in [1.807, 2.05) is 32.0 Å². The Morgan fingerprint density at radius 2 is 2.00 bits per heavy atom. The number of esters is 1. The van der Waals surface area contributed by atoms with Gasteiger partial charge in [0.25, 0.3) is 0 Å². The van der Waals surface area contributed by atoms with E-state index >= 15 is 0 Å². The van der Waals surface area contributed by atoms with Gasteiger partial charge in [-0.2, -0.15) is 0 Å². The van der Waals surface area contributed by atoms with Crippen molar-refractivity contribution in [2.24, 2.45) is 5.92 Å². The molecule has 7 heteroatoms. The second-order valence-electron chi connectivity index (χ2n) is 6.67. The molecule has 0 saturated carbocycles. The molecule has 1 aliphatic heterocycles. The van der Waals surface area contributed by atoms with Crippen LogP contribution in [-0.2, 0) is 20.9 Å². The zero-order chi connectivity index (χ0) is 19.8. The van der Waals surface area contributed by atoms with E-state index in [9.17, 15) is 9.59 Å². The zero-order valence-corrected chi connectivity index (χ0v) is 16.6. The molecule has 27 heavy (non-hydrogen) atoms. The number of piperidine rings is 1. The minimum atomic E-state index is -0.303. The third-order valence-corrected chi connectivity index (χ3v) is 4.91. The molecule has 2 rings (SSSR count). The Morgan fingerprint density at radius 1 is 1.26 bits per heavy atom. The molecule has 1 aliphatic rings. The second kappa shape index (κ2) is 10.2. The zero-order valence-electron chi connectivity index (χ0n) is 16.6. The van der Waals surface area contributed by atoms with E-state index in [4.69, 9.17) is 14.2 Å². The molecule has 1 heterocycles. The molecule has 1 aromatic carbocycles. The maximum atomic E-state index is 12.6. The van der Waals surface area contributed by atoms with Gasteiger partial charge in [-0.3, -0.25) is 14.5 Å². The Labute approximate surface area is 161 Å². The molecule has 1 aromatic rings. The Balaban J connectivity index is 1.90. The standard InChI is InChI=1S/C20H30N2O5/c1-5-27-20(24)16-7-6-10-22(13-16)14(2)19(23)21-12-15-8-9-17(25-3)18(11-15)26-4/h8-9,11,14,16H,5-7,10,12-13H2,1-4H3,(H,21,23)/t14-,16+/m0/s1. The molecule has 1 saturated heterocycles. The van der Waals surface area contributed by atoms with Crippen LogP contribution < -0.4 is 14.8 Å². The summed E-state index contributed by atoms with van der Waals surface area (Å²) in [7, 11) is 3.17. The van der Waals surface area contributed by atoms with Crippen molar-refractivity contribution < 1.29 is 23.8 Å². The van der Waals surface area contributed by atoms with E-state index in [1.165, 1.54) is 0 Å². The van der Waals surface area contributed by atoms with E-state index in [1.54, 1.807) is 14.2 Å². The van der Waals surface area contributed by atoms with Crippen LogP contribution in [0.1, 0.15) is 32.3 Å². The first-order chi connectivity index (χ1) is 13.0. The van der Waals surface area contributed by atoms with Crippen molar-refractivity contribution in [2.45, 2.75) is 39.3 Å². The van der Waals surface area contributed by atoms with Crippen molar-refractivity contribution in [2.75, 3.05) is 33.9 Å². The van der Waals surface area contributed by atoms with Gasteiger partial charge in [-0.15, -0.1) is 0 Å². The largest absolute Gasteiger partial charge is 0.493 e. The molecule has 150 valence electrons. The number of methoxy groups -OCH3 is 2. The van der Waals surface area contributed by atoms with E-state index in [2.05, 4.69) is 10.2 Å². The number of ether oxygens (including phenoxy) is 3. The Kier molecular flexibility index (Phi) is 7.91. The lowest BCUT2D eigenvalue weighted by atomic mass is 9.97. The number of rotatable bonds is 8. The predicted octanol–water partition coefficient (Wildman–Crippen LogP) is 1.98. The smallest absolute Gasteiger partial charge is 0.310 e. The molecule has 1 amide bonds. The van der Waals surface area contributed by atoms with Crippen LogP contribution in [-0.4, -0.2) is 56.7 Å². The van der Waals surface area contributed by atoms with Crippen molar-refractivity contribution in [3.63, 3.8) is 0 Å². The van der Waals surface area contributed by atoms with Gasteiger partial charge in [0.1, 0.15) is 0 Å². The van der Waals surface area contributed by atoms with Crippen LogP contribution in [0.15, 0.2) is 18.2 Å². The van der Waals surface area contributed by atoms with E-state index < -0.39 is 0 Å². The maximum Gasteiger partial charge on any atom is 0.310 e. The highest BCUT2D eigenvalue weighted by Crippen LogP contribution is 2.27. The van der Waals surface area contributed by atoms with Crippen LogP contribution >= 0.6 is 0 Å². The summed E-state index contributed by atoms with van der Waals surface area (Å²) in [6, 6.07) is 5.26. The fourth-order valence-corrected chi connectivity index (χ4v) is 3.30. The molecule has 0 bridgehead atoms. The molecule has 1 N–H and O–H groups in total. The number of amides is 1. The lowest BCUT2D eigenvalue weighted by Gasteiger charge is -2.35. The van der Waals surface area contributed by atoms with Gasteiger partial charge >= 0.3 is 5.97 Å². The monoisotopic (exact) mass is 378 g/mol. The van der Waals surface area contributed by atoms with Gasteiger partial charge < -0.3 is 19.5 Å². The summed E-state index contributed by atoms with van der Waals surface area (Å²) in [5.41, 5.74) is 0.927. The topological polar surface area (TPSA) is 77.1 Å². The average molecular weight is 378 g/mol. The highest BCUT2D eigenvalue weighted by Gasteiger charge is 2.31. The third kappa shape index (κ3) is 5.60. The van der Waals surface area contributed by atoms with Gasteiger partial charge in [0.2, 0.25) is 5.91 Å². The molecule has 0 unspecified atom stereocenters. The molecule has 7 nitrogen and oxygen atoms in total. The van der Waals surface area contributed by atoms with Crippen LogP contribution in [0.3, 0.4) is 0 Å². The Bertz CT molecular complexity index is 649. The number of nitrogens with one attached hydrogen (secondary N) is 1. The van der Waals surface area contributed by atoms with Gasteiger partial charge in [-0.1, -0.05) is 6.07 Å². The van der Waals surface area contributed by atoms with Crippen molar-refractivity contribution >= 4 is 11.9 Å². The maximum absolute atomic E-state index is 12.6. The van der Waals surface area contributed by atoms with Crippen molar-refractivity contribution in [1.82, 2.24) is 10.2 Å². The summed E-state index contributed by atoms with van der Waals surface area (Å²) in [6.45, 7) is 5.83. The Hall–Kier alpha value is -2.28. The number of hydrogen-bond acceptors (Lipinski definition) is 6. The van der Waals surface area contributed by atoms with E-state index in [0.717, 1.165) is 24.9 Å². The summed E-state index contributed by atoms with van der Waals surface area (Å²) in [4.78, 5) is 26.6. The van der Waals surface area contributed by atoms with Gasteiger partial charge in [0.15, 0.2) is 11.5 Å². The normalized spacial score (nSPS) is 18.4. The fraction of sp³-hybridized carbons (Fsp3) is 0.600. The molecule has 1 fully saturated rings. The highest BCUT2D eigenvalue weighted by atomic mass is 16.5. The number of carbonyl (C=O) groups excluding carboxylic acids is 2. The van der Waals surface area contributed by atoms with Crippen LogP contribution in [0.25, 0.3) is 0 Å². The summed E-state index contributed by atoms with van der Waals surface area (Å²) in [5, 5.41) is 2.96. The number of benzene rings is 1. The molecular formula is C20H30N2O5. The van der Waals surface area contributed by atoms with E-state index in [-0.39, 0.29) is 23.8 Å². The molecule has 0 radical (unpaired) electrons. The summed E-state index contributed by atoms with van der Waals surface area (Å²) < 4.78 is 15.6. The van der Waals surface area contributed by atoms with Crippen molar-refractivity contribution in [3.8, 4) is 11.5 Å². The third-order valence-electron chi connectivity index (χ3n) is 4.91. The first kappa shape index (κ1) is 21.0. The van der Waals surface area contributed by atoms with Crippen LogP contribution in [0.4, 0.5) is 0 Å². The molecular weight excluding hydrogens is 348 g/mol. The van der Waals surface area contributed by atoms with Crippen LogP contribution in [0.2, 0.25) is 0 Å². The highest BCUT2D eigenvalue weighted by molar-refractivity contribution is 5.81. The number of nitrogens with zero attached hydrogens (tertiary/aromatic N) is 1. The minimum absolute atomic E-state index is 0.0608. The van der Waals surface area contributed by atoms with Gasteiger partial charge in [0, 0.05) is 13.1 Å². The SMILES string of the molecule is CCOC(=O)[C@@H]1CCCN([C@@H](C)C(=O)NCc2ccc(OC)c(OC)c2)C1. The van der Waals surface area contributed by atoms with Crippen LogP contribution in [0.5, 0.6) is 11.5 Å². The second-order valence-corrected chi connectivity index (χ2v) is 6.67. The van der Waals surface area contributed by atoms with Crippen molar-refractivity contribution in [3.05, 3.63) is 23.8 Å². The first-order valence-electron chi connectivity index (χ1n) is 9.39. The average Bonchev–Trinajstić information content (AvgIpc) is 2.71. The van der Waals surface area contributed by atoms with Gasteiger partial charge in [-0.05, 0) is 50.9 Å². The van der Waals surface area contributed by atoms with E-state index in [0.29, 0.717) is 31.2 Å². The van der Waals surface area contributed by atoms with Crippen LogP contribution in [0, 0.1) is 5.92 Å². The number of carbonyl (C=O) groups is 2. The number of hydrogen-bond donors (Lipinski definition) is 1. The molecule has 0 spiro atoms. The van der Waals surface area contributed by atoms with Gasteiger partial charge in [0.05, 0.1) is 32.8 Å². The molecule has 0 aliphatic carbocycles. The first-order valence-corrected chi connectivity index (χ1v) is 9.39. The summed E-state index contributed by atoms with van der Waals surface area (Å²) >= 11 is 0. The number of likely N-dealkylation sites (tertiary alicyclic amines) is 1. The quantitative estimate of drug-likeness (QED) is 0.697. The van der Waals surface area contributed by atoms with Crippen molar-refractivity contribution in [1.29, 1.82) is 0 Å². The lowest BCUT2D eigenvalue weighted by Crippen LogP contribution is -2.50. The molecule has 0 aromatic heterocycles. The lowest BCUT2D eigenvalue weighted by molar-refractivity contribution is -0.151. The molecule has 2 atom stereocenters. The summed E-state index contributed by atoms with van der Waals surface area (Å²) in [5.74, 6) is 0.902. The predicted molar refractivity (Wildman–Crippen MR) is 102 cm³/mol. The minimum Gasteiger partial charge on any atom is -0.493 e. The Morgan fingerprint density at radius 3 is 2.67 bits per heavy atom. The van der Waals surface area contributed by atoms with Gasteiger partial charge in [-0.25, -0.2) is 0 Å². The summed E-state index contributed by atoms with van der Waals surface area (Å²) in [6.07, 6.45) is 1.70. The fourth-order valence-electron chi connectivity index (χ4n) is 3.30.